The van der Waals surface area contributed by atoms with E-state index in [0.717, 1.165) is 49.5 Å². The lowest BCUT2D eigenvalue weighted by Gasteiger charge is -2.38. The van der Waals surface area contributed by atoms with Crippen LogP contribution in [0.25, 0.3) is 0 Å². The van der Waals surface area contributed by atoms with Crippen LogP contribution >= 0.6 is 0 Å². The summed E-state index contributed by atoms with van der Waals surface area (Å²) >= 11 is 0. The van der Waals surface area contributed by atoms with E-state index in [-0.39, 0.29) is 17.8 Å². The van der Waals surface area contributed by atoms with Gasteiger partial charge in [-0.25, -0.2) is 4.39 Å². The first-order valence-corrected chi connectivity index (χ1v) is 8.92. The van der Waals surface area contributed by atoms with E-state index in [2.05, 4.69) is 11.2 Å². The maximum Gasteiger partial charge on any atom is 0.148 e. The minimum Gasteiger partial charge on any atom is -0.481 e. The Kier molecular flexibility index (Phi) is 6.27. The van der Waals surface area contributed by atoms with Gasteiger partial charge in [0.25, 0.3) is 0 Å². The van der Waals surface area contributed by atoms with Gasteiger partial charge in [-0.1, -0.05) is 36.3 Å². The first-order valence-electron chi connectivity index (χ1n) is 8.92. The van der Waals surface area contributed by atoms with E-state index < -0.39 is 0 Å². The van der Waals surface area contributed by atoms with Gasteiger partial charge in [0.05, 0.1) is 0 Å². The van der Waals surface area contributed by atoms with Crippen molar-refractivity contribution >= 4 is 0 Å². The fraction of sp³-hybridized carbons (Fsp3) is 0.364. The molecule has 1 N–H and O–H groups in total. The van der Waals surface area contributed by atoms with Crippen molar-refractivity contribution in [2.75, 3.05) is 26.4 Å². The Balaban J connectivity index is 1.69. The summed E-state index contributed by atoms with van der Waals surface area (Å²) in [6, 6.07) is 14.8. The highest BCUT2D eigenvalue weighted by atomic mass is 19.1. The molecule has 3 rings (SSSR count). The van der Waals surface area contributed by atoms with E-state index in [9.17, 15) is 4.39 Å². The van der Waals surface area contributed by atoms with Crippen molar-refractivity contribution in [1.82, 2.24) is 5.32 Å². The molecule has 0 aliphatic carbocycles. The molecule has 0 amide bonds. The molecule has 2 aromatic rings. The number of ether oxygens (including phenoxy) is 2. The molecule has 1 aliphatic rings. The van der Waals surface area contributed by atoms with Crippen LogP contribution in [0.4, 0.5) is 4.39 Å². The summed E-state index contributed by atoms with van der Waals surface area (Å²) in [7, 11) is 0. The van der Waals surface area contributed by atoms with Crippen molar-refractivity contribution in [3.63, 3.8) is 0 Å². The van der Waals surface area contributed by atoms with Crippen LogP contribution in [-0.4, -0.2) is 26.4 Å². The Hall–Kier alpha value is -2.35. The summed E-state index contributed by atoms with van der Waals surface area (Å²) in [5.41, 5.74) is 2.19. The maximum absolute atomic E-state index is 13.3. The molecule has 26 heavy (non-hydrogen) atoms. The molecule has 0 bridgehead atoms. The third-order valence-electron chi connectivity index (χ3n) is 4.97. The minimum absolute atomic E-state index is 0.0411. The number of nitrogens with one attached hydrogen (secondary N) is 1. The molecule has 1 fully saturated rings. The number of para-hydroxylation sites is 1. The highest BCUT2D eigenvalue weighted by molar-refractivity contribution is 5.34. The van der Waals surface area contributed by atoms with Gasteiger partial charge in [-0.05, 0) is 36.6 Å². The Bertz CT molecular complexity index is 745. The predicted molar refractivity (Wildman–Crippen MR) is 101 cm³/mol. The average Bonchev–Trinajstić information content (AvgIpc) is 2.68. The average molecular weight is 353 g/mol. The highest BCUT2D eigenvalue weighted by Gasteiger charge is 2.34. The van der Waals surface area contributed by atoms with Crippen LogP contribution in [0.3, 0.4) is 0 Å². The van der Waals surface area contributed by atoms with Crippen LogP contribution in [0.5, 0.6) is 5.75 Å². The topological polar surface area (TPSA) is 30.5 Å². The van der Waals surface area contributed by atoms with Crippen LogP contribution in [-0.2, 0) is 16.7 Å². The Morgan fingerprint density at radius 1 is 1.12 bits per heavy atom. The van der Waals surface area contributed by atoms with Gasteiger partial charge in [-0.3, -0.25) is 0 Å². The Morgan fingerprint density at radius 3 is 2.58 bits per heavy atom. The molecule has 0 unspecified atom stereocenters. The lowest BCUT2D eigenvalue weighted by molar-refractivity contribution is 0.0497. The summed E-state index contributed by atoms with van der Waals surface area (Å²) in [6.45, 7) is 3.19. The van der Waals surface area contributed by atoms with Crippen LogP contribution in [0.2, 0.25) is 0 Å². The van der Waals surface area contributed by atoms with Crippen molar-refractivity contribution in [2.45, 2.75) is 24.8 Å². The van der Waals surface area contributed by atoms with E-state index in [0.29, 0.717) is 6.54 Å². The number of terminal acetylenes is 1. The van der Waals surface area contributed by atoms with E-state index in [1.54, 1.807) is 0 Å². The molecule has 0 aromatic heterocycles. The molecule has 1 saturated heterocycles. The molecule has 136 valence electrons. The van der Waals surface area contributed by atoms with E-state index >= 15 is 0 Å². The standard InChI is InChI=1S/C22H24FNO2/c1-2-13-26-21-6-4-3-5-18(21)16-24-17-22(11-14-25-15-12-22)19-7-9-20(23)10-8-19/h1,3-10,24H,11-17H2. The third-order valence-corrected chi connectivity index (χ3v) is 4.97. The summed E-state index contributed by atoms with van der Waals surface area (Å²) in [4.78, 5) is 0. The second-order valence-corrected chi connectivity index (χ2v) is 6.60. The lowest BCUT2D eigenvalue weighted by Crippen LogP contribution is -2.42. The van der Waals surface area contributed by atoms with Crippen molar-refractivity contribution in [3.05, 3.63) is 65.5 Å². The van der Waals surface area contributed by atoms with Gasteiger partial charge < -0.3 is 14.8 Å². The summed E-state index contributed by atoms with van der Waals surface area (Å²) in [6.07, 6.45) is 7.12. The molecular formula is C22H24FNO2. The van der Waals surface area contributed by atoms with Gasteiger partial charge in [0, 0.05) is 37.3 Å². The Labute approximate surface area is 154 Å². The number of halogens is 1. The molecule has 1 aliphatic heterocycles. The second-order valence-electron chi connectivity index (χ2n) is 6.60. The first-order chi connectivity index (χ1) is 12.7. The van der Waals surface area contributed by atoms with Gasteiger partial charge in [0.2, 0.25) is 0 Å². The summed E-state index contributed by atoms with van der Waals surface area (Å²) in [5, 5.41) is 3.56. The van der Waals surface area contributed by atoms with E-state index in [1.165, 1.54) is 12.1 Å². The quantitative estimate of drug-likeness (QED) is 0.771. The normalized spacial score (nSPS) is 16.0. The van der Waals surface area contributed by atoms with Crippen molar-refractivity contribution < 1.29 is 13.9 Å². The van der Waals surface area contributed by atoms with Gasteiger partial charge in [0.15, 0.2) is 0 Å². The molecule has 1 heterocycles. The molecule has 2 aromatic carbocycles. The van der Waals surface area contributed by atoms with Crippen LogP contribution in [0.1, 0.15) is 24.0 Å². The van der Waals surface area contributed by atoms with Gasteiger partial charge in [0.1, 0.15) is 18.2 Å². The van der Waals surface area contributed by atoms with Crippen molar-refractivity contribution in [1.29, 1.82) is 0 Å². The number of rotatable bonds is 7. The SMILES string of the molecule is C#CCOc1ccccc1CNCC1(c2ccc(F)cc2)CCOCC1. The zero-order valence-corrected chi connectivity index (χ0v) is 14.8. The minimum atomic E-state index is -0.205. The van der Waals surface area contributed by atoms with Gasteiger partial charge in [-0.2, -0.15) is 0 Å². The zero-order valence-electron chi connectivity index (χ0n) is 14.8. The smallest absolute Gasteiger partial charge is 0.148 e. The molecule has 3 nitrogen and oxygen atoms in total. The summed E-state index contributed by atoms with van der Waals surface area (Å²) < 4.78 is 24.5. The predicted octanol–water partition coefficient (Wildman–Crippen LogP) is 3.68. The molecule has 0 saturated carbocycles. The van der Waals surface area contributed by atoms with Crippen LogP contribution in [0, 0.1) is 18.2 Å². The summed E-state index contributed by atoms with van der Waals surface area (Å²) in [5.74, 6) is 3.10. The molecule has 0 radical (unpaired) electrons. The molecule has 4 heteroatoms. The van der Waals surface area contributed by atoms with Crippen molar-refractivity contribution in [2.24, 2.45) is 0 Å². The number of hydrogen-bond acceptors (Lipinski definition) is 3. The second kappa shape index (κ2) is 8.84. The van der Waals surface area contributed by atoms with Crippen LogP contribution < -0.4 is 10.1 Å². The highest BCUT2D eigenvalue weighted by Crippen LogP contribution is 2.34. The van der Waals surface area contributed by atoms with Gasteiger partial charge >= 0.3 is 0 Å². The third kappa shape index (κ3) is 4.43. The van der Waals surface area contributed by atoms with Crippen molar-refractivity contribution in [3.8, 4) is 18.1 Å². The largest absolute Gasteiger partial charge is 0.481 e. The molecule has 0 atom stereocenters. The lowest BCUT2D eigenvalue weighted by atomic mass is 9.74. The number of benzene rings is 2. The van der Waals surface area contributed by atoms with Gasteiger partial charge in [-0.15, -0.1) is 6.42 Å². The zero-order chi connectivity index (χ0) is 18.2. The fourth-order valence-electron chi connectivity index (χ4n) is 3.48. The first kappa shape index (κ1) is 18.4. The molecule has 0 spiro atoms. The number of hydrogen-bond donors (Lipinski definition) is 1. The maximum atomic E-state index is 13.3. The Morgan fingerprint density at radius 2 is 1.85 bits per heavy atom. The van der Waals surface area contributed by atoms with E-state index in [1.807, 2.05) is 36.4 Å². The fourth-order valence-corrected chi connectivity index (χ4v) is 3.48. The molecular weight excluding hydrogens is 329 g/mol. The van der Waals surface area contributed by atoms with Crippen LogP contribution in [0.15, 0.2) is 48.5 Å². The monoisotopic (exact) mass is 353 g/mol. The van der Waals surface area contributed by atoms with E-state index in [4.69, 9.17) is 15.9 Å².